The third kappa shape index (κ3) is 0.703. The average molecular weight is 222 g/mol. The van der Waals surface area contributed by atoms with E-state index in [9.17, 15) is 0 Å². The van der Waals surface area contributed by atoms with Gasteiger partial charge in [0.15, 0.2) is 0 Å². The molecule has 2 aliphatic rings. The molecule has 2 fully saturated rings. The summed E-state index contributed by atoms with van der Waals surface area (Å²) in [7, 11) is 0. The van der Waals surface area contributed by atoms with E-state index in [1.54, 1.807) is 12.8 Å². The molecule has 0 aromatic carbocycles. The largest absolute Gasteiger partial charge is 0.0826 e. The highest BCUT2D eigenvalue weighted by atomic mass is 127. The van der Waals surface area contributed by atoms with Crippen molar-refractivity contribution in [3.8, 4) is 0 Å². The molecule has 0 heterocycles. The highest BCUT2D eigenvalue weighted by Crippen LogP contribution is 2.48. The van der Waals surface area contributed by atoms with E-state index < -0.39 is 0 Å². The first-order valence-corrected chi connectivity index (χ1v) is 4.75. The Morgan fingerprint density at radius 3 is 1.75 bits per heavy atom. The average Bonchev–Trinajstić information content (AvgIpc) is 1.91. The minimum Gasteiger partial charge on any atom is -0.0826 e. The van der Waals surface area contributed by atoms with Gasteiger partial charge in [0.2, 0.25) is 0 Å². The third-order valence-corrected chi connectivity index (χ3v) is 3.71. The van der Waals surface area contributed by atoms with Crippen molar-refractivity contribution < 1.29 is 0 Å². The number of rotatable bonds is 0. The molecular formula is C7H11I. The van der Waals surface area contributed by atoms with Crippen molar-refractivity contribution in [1.29, 1.82) is 0 Å². The topological polar surface area (TPSA) is 0 Å². The van der Waals surface area contributed by atoms with Crippen LogP contribution in [-0.2, 0) is 0 Å². The molecule has 0 aromatic rings. The van der Waals surface area contributed by atoms with Crippen LogP contribution in [0.15, 0.2) is 0 Å². The van der Waals surface area contributed by atoms with Gasteiger partial charge < -0.3 is 0 Å². The van der Waals surface area contributed by atoms with Gasteiger partial charge in [-0.05, 0) is 37.5 Å². The van der Waals surface area contributed by atoms with Crippen LogP contribution in [-0.4, -0.2) is 3.92 Å². The van der Waals surface area contributed by atoms with Crippen LogP contribution in [0, 0.1) is 11.8 Å². The van der Waals surface area contributed by atoms with Gasteiger partial charge in [-0.25, -0.2) is 0 Å². The summed E-state index contributed by atoms with van der Waals surface area (Å²) in [5.41, 5.74) is 0. The predicted molar refractivity (Wildman–Crippen MR) is 43.3 cm³/mol. The van der Waals surface area contributed by atoms with Gasteiger partial charge in [-0.2, -0.15) is 0 Å². The van der Waals surface area contributed by atoms with Crippen LogP contribution in [0.2, 0.25) is 0 Å². The van der Waals surface area contributed by atoms with Crippen molar-refractivity contribution >= 4 is 22.6 Å². The van der Waals surface area contributed by atoms with E-state index in [2.05, 4.69) is 22.6 Å². The van der Waals surface area contributed by atoms with E-state index in [1.165, 1.54) is 12.8 Å². The van der Waals surface area contributed by atoms with Gasteiger partial charge >= 0.3 is 0 Å². The van der Waals surface area contributed by atoms with Gasteiger partial charge in [-0.1, -0.05) is 22.6 Å². The van der Waals surface area contributed by atoms with Gasteiger partial charge in [-0.3, -0.25) is 0 Å². The molecule has 1 heteroatoms. The Kier molecular flexibility index (Phi) is 1.28. The third-order valence-electron chi connectivity index (χ3n) is 2.69. The van der Waals surface area contributed by atoms with E-state index in [4.69, 9.17) is 0 Å². The minimum absolute atomic E-state index is 1.03. The Morgan fingerprint density at radius 2 is 1.50 bits per heavy atom. The monoisotopic (exact) mass is 222 g/mol. The molecule has 0 amide bonds. The summed E-state index contributed by atoms with van der Waals surface area (Å²) in [6, 6.07) is 0. The van der Waals surface area contributed by atoms with Crippen LogP contribution in [0.1, 0.15) is 25.7 Å². The zero-order valence-corrected chi connectivity index (χ0v) is 7.10. The molecule has 0 radical (unpaired) electrons. The molecule has 0 N–H and O–H groups in total. The fourth-order valence-electron chi connectivity index (χ4n) is 2.01. The Labute approximate surface area is 64.2 Å². The molecular weight excluding hydrogens is 211 g/mol. The summed E-state index contributed by atoms with van der Waals surface area (Å²) >= 11 is 2.60. The summed E-state index contributed by atoms with van der Waals surface area (Å²) in [5, 5.41) is 0. The molecule has 2 rings (SSSR count). The molecule has 0 nitrogen and oxygen atoms in total. The van der Waals surface area contributed by atoms with E-state index >= 15 is 0 Å². The molecule has 2 atom stereocenters. The van der Waals surface area contributed by atoms with Crippen molar-refractivity contribution in [2.75, 3.05) is 0 Å². The highest BCUT2D eigenvalue weighted by molar-refractivity contribution is 14.1. The zero-order chi connectivity index (χ0) is 5.56. The maximum absolute atomic E-state index is 2.60. The Balaban J connectivity index is 2.00. The minimum atomic E-state index is 1.03. The second-order valence-corrected chi connectivity index (χ2v) is 4.93. The zero-order valence-electron chi connectivity index (χ0n) is 4.94. The number of hydrogen-bond acceptors (Lipinski definition) is 0. The number of fused-ring (bicyclic) bond motifs is 1. The van der Waals surface area contributed by atoms with Gasteiger partial charge in [0.25, 0.3) is 0 Å². The molecule has 0 bridgehead atoms. The summed E-state index contributed by atoms with van der Waals surface area (Å²) < 4.78 is 1.03. The lowest BCUT2D eigenvalue weighted by atomic mass is 9.77. The molecule has 2 saturated carbocycles. The number of hydrogen-bond donors (Lipinski definition) is 0. The molecule has 0 saturated heterocycles. The maximum Gasteiger partial charge on any atom is 0.0115 e. The fourth-order valence-corrected chi connectivity index (χ4v) is 3.32. The van der Waals surface area contributed by atoms with Gasteiger partial charge in [0.05, 0.1) is 0 Å². The van der Waals surface area contributed by atoms with Crippen molar-refractivity contribution in [3.05, 3.63) is 0 Å². The van der Waals surface area contributed by atoms with Crippen molar-refractivity contribution in [1.82, 2.24) is 0 Å². The second kappa shape index (κ2) is 1.86. The first-order chi connectivity index (χ1) is 3.86. The summed E-state index contributed by atoms with van der Waals surface area (Å²) in [6.45, 7) is 0. The standard InChI is InChI=1S/C7H11I/c8-7-3-5-1-2-6(5)4-7/h5-7H,1-4H2. The fraction of sp³-hybridized carbons (Fsp3) is 1.00. The lowest BCUT2D eigenvalue weighted by molar-refractivity contribution is 0.219. The van der Waals surface area contributed by atoms with Crippen molar-refractivity contribution in [3.63, 3.8) is 0 Å². The predicted octanol–water partition coefficient (Wildman–Crippen LogP) is 2.61. The van der Waals surface area contributed by atoms with Crippen molar-refractivity contribution in [2.24, 2.45) is 11.8 Å². The molecule has 2 aliphatic carbocycles. The van der Waals surface area contributed by atoms with E-state index in [-0.39, 0.29) is 0 Å². The smallest absolute Gasteiger partial charge is 0.0115 e. The first-order valence-electron chi connectivity index (χ1n) is 3.50. The van der Waals surface area contributed by atoms with Crippen LogP contribution in [0.4, 0.5) is 0 Å². The Bertz CT molecular complexity index is 88.6. The van der Waals surface area contributed by atoms with Crippen LogP contribution < -0.4 is 0 Å². The molecule has 0 spiro atoms. The summed E-state index contributed by atoms with van der Waals surface area (Å²) in [6.07, 6.45) is 6.16. The number of alkyl halides is 1. The molecule has 0 aromatic heterocycles. The molecule has 0 aliphatic heterocycles. The van der Waals surface area contributed by atoms with Gasteiger partial charge in [-0.15, -0.1) is 0 Å². The van der Waals surface area contributed by atoms with Crippen LogP contribution in [0.25, 0.3) is 0 Å². The van der Waals surface area contributed by atoms with E-state index in [0.717, 1.165) is 15.8 Å². The summed E-state index contributed by atoms with van der Waals surface area (Å²) in [5.74, 6) is 2.33. The Morgan fingerprint density at radius 1 is 1.00 bits per heavy atom. The lowest BCUT2D eigenvalue weighted by Gasteiger charge is -2.29. The molecule has 2 unspecified atom stereocenters. The lowest BCUT2D eigenvalue weighted by Crippen LogP contribution is -2.18. The highest BCUT2D eigenvalue weighted by Gasteiger charge is 2.38. The van der Waals surface area contributed by atoms with Crippen molar-refractivity contribution in [2.45, 2.75) is 29.6 Å². The SMILES string of the molecule is IC1CC2CCC2C1. The molecule has 8 heavy (non-hydrogen) atoms. The first kappa shape index (κ1) is 5.51. The van der Waals surface area contributed by atoms with Gasteiger partial charge in [0, 0.05) is 3.92 Å². The van der Waals surface area contributed by atoms with Crippen LogP contribution in [0.3, 0.4) is 0 Å². The number of halogens is 1. The normalized spacial score (nSPS) is 52.9. The van der Waals surface area contributed by atoms with E-state index in [0.29, 0.717) is 0 Å². The maximum atomic E-state index is 2.60. The van der Waals surface area contributed by atoms with Gasteiger partial charge in [0.1, 0.15) is 0 Å². The molecule has 46 valence electrons. The Hall–Kier alpha value is 0.730. The van der Waals surface area contributed by atoms with Crippen LogP contribution >= 0.6 is 22.6 Å². The second-order valence-electron chi connectivity index (χ2n) is 3.17. The quantitative estimate of drug-likeness (QED) is 0.436. The van der Waals surface area contributed by atoms with E-state index in [1.807, 2.05) is 0 Å². The summed E-state index contributed by atoms with van der Waals surface area (Å²) in [4.78, 5) is 0. The van der Waals surface area contributed by atoms with Crippen LogP contribution in [0.5, 0.6) is 0 Å².